The van der Waals surface area contributed by atoms with Gasteiger partial charge >= 0.3 is 0 Å². The number of hydrogen-bond acceptors (Lipinski definition) is 3. The van der Waals surface area contributed by atoms with Gasteiger partial charge in [0.1, 0.15) is 10.7 Å². The standard InChI is InChI=1S/C13H12BrFN2O2S/c14-10-3-6-12(16)13(7-10)20(18,19)17-8-9-1-4-11(15)5-2-9/h1-7,17H,8,16H2. The summed E-state index contributed by atoms with van der Waals surface area (Å²) >= 11 is 3.20. The summed E-state index contributed by atoms with van der Waals surface area (Å²) < 4.78 is 40.1. The third kappa shape index (κ3) is 3.56. The van der Waals surface area contributed by atoms with Crippen molar-refractivity contribution in [3.05, 3.63) is 58.3 Å². The molecule has 20 heavy (non-hydrogen) atoms. The molecule has 2 rings (SSSR count). The van der Waals surface area contributed by atoms with Crippen molar-refractivity contribution in [2.24, 2.45) is 0 Å². The summed E-state index contributed by atoms with van der Waals surface area (Å²) in [6, 6.07) is 10.2. The van der Waals surface area contributed by atoms with Gasteiger partial charge < -0.3 is 5.73 Å². The minimum atomic E-state index is -3.72. The highest BCUT2D eigenvalue weighted by Crippen LogP contribution is 2.23. The first kappa shape index (κ1) is 15.0. The Labute approximate surface area is 125 Å². The number of benzene rings is 2. The molecular weight excluding hydrogens is 347 g/mol. The summed E-state index contributed by atoms with van der Waals surface area (Å²) in [7, 11) is -3.72. The lowest BCUT2D eigenvalue weighted by Gasteiger charge is -2.09. The molecule has 0 heterocycles. The molecule has 0 saturated carbocycles. The molecule has 0 atom stereocenters. The van der Waals surface area contributed by atoms with E-state index in [1.807, 2.05) is 0 Å². The quantitative estimate of drug-likeness (QED) is 0.825. The van der Waals surface area contributed by atoms with Crippen molar-refractivity contribution in [2.45, 2.75) is 11.4 Å². The van der Waals surface area contributed by atoms with E-state index in [0.29, 0.717) is 10.0 Å². The second-order valence-corrected chi connectivity index (χ2v) is 6.78. The zero-order valence-electron chi connectivity index (χ0n) is 10.3. The highest BCUT2D eigenvalue weighted by Gasteiger charge is 2.17. The van der Waals surface area contributed by atoms with Crippen molar-refractivity contribution < 1.29 is 12.8 Å². The van der Waals surface area contributed by atoms with Crippen LogP contribution in [0, 0.1) is 5.82 Å². The number of nitrogens with one attached hydrogen (secondary N) is 1. The van der Waals surface area contributed by atoms with E-state index in [2.05, 4.69) is 20.7 Å². The predicted molar refractivity (Wildman–Crippen MR) is 79.0 cm³/mol. The van der Waals surface area contributed by atoms with Gasteiger partial charge in [-0.3, -0.25) is 0 Å². The summed E-state index contributed by atoms with van der Waals surface area (Å²) in [4.78, 5) is 0.00832. The maximum Gasteiger partial charge on any atom is 0.242 e. The summed E-state index contributed by atoms with van der Waals surface area (Å²) in [5.74, 6) is -0.368. The van der Waals surface area contributed by atoms with Crippen LogP contribution in [0.4, 0.5) is 10.1 Å². The molecule has 0 fully saturated rings. The molecule has 0 aromatic heterocycles. The number of nitrogen functional groups attached to an aromatic ring is 1. The average Bonchev–Trinajstić information content (AvgIpc) is 2.41. The molecule has 0 saturated heterocycles. The Bertz CT molecular complexity index is 718. The molecule has 0 radical (unpaired) electrons. The van der Waals surface area contributed by atoms with Crippen LogP contribution in [0.1, 0.15) is 5.56 Å². The van der Waals surface area contributed by atoms with Crippen LogP contribution in [0.5, 0.6) is 0 Å². The van der Waals surface area contributed by atoms with Crippen LogP contribution in [0.2, 0.25) is 0 Å². The number of sulfonamides is 1. The minimum absolute atomic E-state index is 0.00832. The van der Waals surface area contributed by atoms with Crippen molar-refractivity contribution in [3.8, 4) is 0 Å². The lowest BCUT2D eigenvalue weighted by Crippen LogP contribution is -2.24. The zero-order valence-corrected chi connectivity index (χ0v) is 12.7. The van der Waals surface area contributed by atoms with Crippen LogP contribution >= 0.6 is 15.9 Å². The van der Waals surface area contributed by atoms with Crippen LogP contribution in [0.25, 0.3) is 0 Å². The third-order valence-corrected chi connectivity index (χ3v) is 4.59. The SMILES string of the molecule is Nc1ccc(Br)cc1S(=O)(=O)NCc1ccc(F)cc1. The Balaban J connectivity index is 2.19. The molecule has 0 unspecified atom stereocenters. The van der Waals surface area contributed by atoms with Crippen molar-refractivity contribution >= 4 is 31.6 Å². The van der Waals surface area contributed by atoms with Gasteiger partial charge in [0.25, 0.3) is 0 Å². The molecule has 0 aliphatic heterocycles. The molecular formula is C13H12BrFN2O2S. The van der Waals surface area contributed by atoms with Crippen molar-refractivity contribution in [2.75, 3.05) is 5.73 Å². The molecule has 2 aromatic carbocycles. The summed E-state index contributed by atoms with van der Waals surface area (Å²) in [5, 5.41) is 0. The molecule has 4 nitrogen and oxygen atoms in total. The van der Waals surface area contributed by atoms with Gasteiger partial charge in [0.15, 0.2) is 0 Å². The molecule has 0 aliphatic carbocycles. The lowest BCUT2D eigenvalue weighted by atomic mass is 10.2. The second kappa shape index (κ2) is 5.90. The van der Waals surface area contributed by atoms with E-state index in [9.17, 15) is 12.8 Å². The monoisotopic (exact) mass is 358 g/mol. The Kier molecular flexibility index (Phi) is 4.42. The molecule has 7 heteroatoms. The molecule has 0 aliphatic rings. The molecule has 0 bridgehead atoms. The summed E-state index contributed by atoms with van der Waals surface area (Å²) in [6.07, 6.45) is 0. The number of halogens is 2. The number of anilines is 1. The number of nitrogens with two attached hydrogens (primary N) is 1. The fourth-order valence-electron chi connectivity index (χ4n) is 1.60. The van der Waals surface area contributed by atoms with E-state index in [4.69, 9.17) is 5.73 Å². The van der Waals surface area contributed by atoms with Gasteiger partial charge in [-0.2, -0.15) is 0 Å². The van der Waals surface area contributed by atoms with Gasteiger partial charge in [0, 0.05) is 11.0 Å². The Morgan fingerprint density at radius 1 is 1.15 bits per heavy atom. The van der Waals surface area contributed by atoms with Crippen LogP contribution < -0.4 is 10.5 Å². The van der Waals surface area contributed by atoms with Gasteiger partial charge in [-0.15, -0.1) is 0 Å². The summed E-state index contributed by atoms with van der Waals surface area (Å²) in [5.41, 5.74) is 6.50. The van der Waals surface area contributed by atoms with E-state index in [1.165, 1.54) is 36.4 Å². The van der Waals surface area contributed by atoms with Crippen molar-refractivity contribution in [1.29, 1.82) is 0 Å². The molecule has 0 spiro atoms. The van der Waals surface area contributed by atoms with Crippen LogP contribution in [0.3, 0.4) is 0 Å². The third-order valence-electron chi connectivity index (χ3n) is 2.64. The average molecular weight is 359 g/mol. The van der Waals surface area contributed by atoms with E-state index < -0.39 is 10.0 Å². The number of rotatable bonds is 4. The van der Waals surface area contributed by atoms with Crippen LogP contribution in [-0.2, 0) is 16.6 Å². The van der Waals surface area contributed by atoms with Gasteiger partial charge in [-0.1, -0.05) is 28.1 Å². The van der Waals surface area contributed by atoms with Crippen molar-refractivity contribution in [1.82, 2.24) is 4.72 Å². The first-order valence-electron chi connectivity index (χ1n) is 5.67. The fraction of sp³-hybridized carbons (Fsp3) is 0.0769. The smallest absolute Gasteiger partial charge is 0.242 e. The molecule has 2 aromatic rings. The van der Waals surface area contributed by atoms with Crippen molar-refractivity contribution in [3.63, 3.8) is 0 Å². The Morgan fingerprint density at radius 3 is 2.45 bits per heavy atom. The second-order valence-electron chi connectivity index (χ2n) is 4.13. The molecule has 3 N–H and O–H groups in total. The molecule has 106 valence electrons. The topological polar surface area (TPSA) is 72.2 Å². The minimum Gasteiger partial charge on any atom is -0.398 e. The first-order chi connectivity index (χ1) is 9.38. The van der Waals surface area contributed by atoms with Crippen LogP contribution in [-0.4, -0.2) is 8.42 Å². The highest BCUT2D eigenvalue weighted by molar-refractivity contribution is 9.10. The van der Waals surface area contributed by atoms with Gasteiger partial charge in [-0.05, 0) is 35.9 Å². The number of hydrogen-bond donors (Lipinski definition) is 2. The normalized spacial score (nSPS) is 11.5. The fourth-order valence-corrected chi connectivity index (χ4v) is 3.28. The Hall–Kier alpha value is -1.44. The first-order valence-corrected chi connectivity index (χ1v) is 7.95. The van der Waals surface area contributed by atoms with E-state index in [1.54, 1.807) is 6.07 Å². The highest BCUT2D eigenvalue weighted by atomic mass is 79.9. The van der Waals surface area contributed by atoms with E-state index in [-0.39, 0.29) is 22.9 Å². The van der Waals surface area contributed by atoms with Gasteiger partial charge in [0.05, 0.1) is 5.69 Å². The summed E-state index contributed by atoms with van der Waals surface area (Å²) in [6.45, 7) is 0.0641. The maximum atomic E-state index is 12.8. The largest absolute Gasteiger partial charge is 0.398 e. The zero-order chi connectivity index (χ0) is 14.8. The maximum absolute atomic E-state index is 12.8. The molecule has 0 amide bonds. The van der Waals surface area contributed by atoms with E-state index in [0.717, 1.165) is 0 Å². The van der Waals surface area contributed by atoms with Gasteiger partial charge in [0.2, 0.25) is 10.0 Å². The van der Waals surface area contributed by atoms with Gasteiger partial charge in [-0.25, -0.2) is 17.5 Å². The Morgan fingerprint density at radius 2 is 1.80 bits per heavy atom. The lowest BCUT2D eigenvalue weighted by molar-refractivity contribution is 0.581. The van der Waals surface area contributed by atoms with Crippen LogP contribution in [0.15, 0.2) is 51.8 Å². The predicted octanol–water partition coefficient (Wildman–Crippen LogP) is 2.65. The van der Waals surface area contributed by atoms with E-state index >= 15 is 0 Å².